The molecule has 1 aromatic rings. The van der Waals surface area contributed by atoms with Gasteiger partial charge in [0.15, 0.2) is 0 Å². The minimum absolute atomic E-state index is 0.128. The summed E-state index contributed by atoms with van der Waals surface area (Å²) in [5.41, 5.74) is 1.13. The highest BCUT2D eigenvalue weighted by molar-refractivity contribution is 6.00. The first-order chi connectivity index (χ1) is 9.54. The van der Waals surface area contributed by atoms with Crippen molar-refractivity contribution in [2.24, 2.45) is 5.92 Å². The molecule has 20 heavy (non-hydrogen) atoms. The second kappa shape index (κ2) is 5.46. The molecule has 4 heteroatoms. The maximum atomic E-state index is 11.9. The number of hydrogen-bond donors (Lipinski definition) is 0. The van der Waals surface area contributed by atoms with Crippen LogP contribution in [0.15, 0.2) is 24.3 Å². The van der Waals surface area contributed by atoms with Gasteiger partial charge in [0.1, 0.15) is 11.7 Å². The Morgan fingerprint density at radius 1 is 1.45 bits per heavy atom. The number of benzene rings is 1. The maximum absolute atomic E-state index is 11.9. The Balaban J connectivity index is 2.43. The van der Waals surface area contributed by atoms with Gasteiger partial charge in [0.25, 0.3) is 0 Å². The highest BCUT2D eigenvalue weighted by atomic mass is 16.5. The van der Waals surface area contributed by atoms with Gasteiger partial charge in [-0.3, -0.25) is 9.59 Å². The number of rotatable bonds is 2. The summed E-state index contributed by atoms with van der Waals surface area (Å²) in [5, 5.41) is 9.66. The molecule has 0 aliphatic heterocycles. The van der Waals surface area contributed by atoms with E-state index >= 15 is 0 Å². The van der Waals surface area contributed by atoms with Gasteiger partial charge in [0, 0.05) is 6.42 Å². The van der Waals surface area contributed by atoms with Gasteiger partial charge >= 0.3 is 5.97 Å². The minimum atomic E-state index is -0.826. The van der Waals surface area contributed by atoms with Crippen LogP contribution in [0.2, 0.25) is 0 Å². The molecule has 0 saturated heterocycles. The van der Waals surface area contributed by atoms with Crippen LogP contribution >= 0.6 is 0 Å². The van der Waals surface area contributed by atoms with Gasteiger partial charge in [-0.25, -0.2) is 0 Å². The Labute approximate surface area is 118 Å². The van der Waals surface area contributed by atoms with Gasteiger partial charge in [-0.2, -0.15) is 5.26 Å². The Kier molecular flexibility index (Phi) is 3.89. The molecule has 1 saturated carbocycles. The van der Waals surface area contributed by atoms with Crippen LogP contribution < -0.4 is 0 Å². The predicted octanol–water partition coefficient (Wildman–Crippen LogP) is 2.30. The van der Waals surface area contributed by atoms with Crippen molar-refractivity contribution in [1.82, 2.24) is 0 Å². The maximum Gasteiger partial charge on any atom is 0.316 e. The number of ether oxygens (including phenoxy) is 1. The molecule has 0 radical (unpaired) electrons. The molecule has 0 N–H and O–H groups in total. The van der Waals surface area contributed by atoms with Crippen molar-refractivity contribution in [3.05, 3.63) is 35.4 Å². The number of nitrogens with zero attached hydrogens (tertiary/aromatic N) is 1. The lowest BCUT2D eigenvalue weighted by atomic mass is 9.65. The highest BCUT2D eigenvalue weighted by Crippen LogP contribution is 2.41. The average Bonchev–Trinajstić information content (AvgIpc) is 2.48. The molecular formula is C16H17NO3. The standard InChI is InChI=1S/C16H17NO3/c1-11-5-3-4-6-13(11)16(10-17)8-7-14(18)12(9-16)15(19)20-2/h3-6,12H,7-9H2,1-2H3/t12-,16-/m0/s1. The third kappa shape index (κ3) is 2.32. The zero-order chi connectivity index (χ0) is 14.8. The molecule has 0 aromatic heterocycles. The van der Waals surface area contributed by atoms with Gasteiger partial charge in [-0.1, -0.05) is 24.3 Å². The second-order valence-corrected chi connectivity index (χ2v) is 5.26. The molecular weight excluding hydrogens is 254 g/mol. The summed E-state index contributed by atoms with van der Waals surface area (Å²) in [7, 11) is 1.27. The summed E-state index contributed by atoms with van der Waals surface area (Å²) in [6.45, 7) is 1.94. The first-order valence-electron chi connectivity index (χ1n) is 6.62. The number of carbonyl (C=O) groups excluding carboxylic acids is 2. The first kappa shape index (κ1) is 14.3. The van der Waals surface area contributed by atoms with Crippen molar-refractivity contribution >= 4 is 11.8 Å². The molecule has 104 valence electrons. The number of hydrogen-bond acceptors (Lipinski definition) is 4. The van der Waals surface area contributed by atoms with E-state index in [2.05, 4.69) is 6.07 Å². The van der Waals surface area contributed by atoms with E-state index < -0.39 is 17.3 Å². The summed E-state index contributed by atoms with van der Waals surface area (Å²) in [5.74, 6) is -1.49. The highest BCUT2D eigenvalue weighted by Gasteiger charge is 2.45. The lowest BCUT2D eigenvalue weighted by Gasteiger charge is -2.35. The Bertz CT molecular complexity index is 580. The molecule has 0 bridgehead atoms. The fraction of sp³-hybridized carbons (Fsp3) is 0.438. The van der Waals surface area contributed by atoms with E-state index in [-0.39, 0.29) is 18.6 Å². The van der Waals surface area contributed by atoms with Gasteiger partial charge in [-0.15, -0.1) is 0 Å². The number of carbonyl (C=O) groups is 2. The van der Waals surface area contributed by atoms with Crippen molar-refractivity contribution in [2.75, 3.05) is 7.11 Å². The van der Waals surface area contributed by atoms with Crippen LogP contribution in [0.1, 0.15) is 30.4 Å². The Hall–Kier alpha value is -2.15. The third-order valence-corrected chi connectivity index (χ3v) is 4.10. The Morgan fingerprint density at radius 3 is 2.75 bits per heavy atom. The number of ketones is 1. The largest absolute Gasteiger partial charge is 0.468 e. The molecule has 1 aliphatic carbocycles. The lowest BCUT2D eigenvalue weighted by molar-refractivity contribution is -0.151. The summed E-state index contributed by atoms with van der Waals surface area (Å²) in [6.07, 6.45) is 0.905. The summed E-state index contributed by atoms with van der Waals surface area (Å²) in [4.78, 5) is 23.6. The summed E-state index contributed by atoms with van der Waals surface area (Å²) in [6, 6.07) is 9.98. The molecule has 1 aromatic carbocycles. The van der Waals surface area contributed by atoms with Crippen LogP contribution in [0.25, 0.3) is 0 Å². The van der Waals surface area contributed by atoms with E-state index in [0.29, 0.717) is 6.42 Å². The van der Waals surface area contributed by atoms with E-state index in [1.165, 1.54) is 7.11 Å². The summed E-state index contributed by atoms with van der Waals surface area (Å²) < 4.78 is 4.69. The van der Waals surface area contributed by atoms with Crippen LogP contribution in [-0.2, 0) is 19.7 Å². The van der Waals surface area contributed by atoms with Crippen LogP contribution in [0.4, 0.5) is 0 Å². The van der Waals surface area contributed by atoms with Crippen molar-refractivity contribution < 1.29 is 14.3 Å². The van der Waals surface area contributed by atoms with E-state index in [1.807, 2.05) is 31.2 Å². The van der Waals surface area contributed by atoms with Gasteiger partial charge in [-0.05, 0) is 30.9 Å². The third-order valence-electron chi connectivity index (χ3n) is 4.10. The Morgan fingerprint density at radius 2 is 2.15 bits per heavy atom. The normalized spacial score (nSPS) is 25.9. The topological polar surface area (TPSA) is 67.2 Å². The number of methoxy groups -OCH3 is 1. The van der Waals surface area contributed by atoms with Gasteiger partial charge in [0.05, 0.1) is 18.6 Å². The van der Waals surface area contributed by atoms with Crippen LogP contribution in [0.5, 0.6) is 0 Å². The van der Waals surface area contributed by atoms with E-state index in [9.17, 15) is 14.9 Å². The van der Waals surface area contributed by atoms with Crippen LogP contribution in [-0.4, -0.2) is 18.9 Å². The molecule has 1 fully saturated rings. The first-order valence-corrected chi connectivity index (χ1v) is 6.62. The quantitative estimate of drug-likeness (QED) is 0.611. The zero-order valence-electron chi connectivity index (χ0n) is 11.7. The van der Waals surface area contributed by atoms with Crippen molar-refractivity contribution in [1.29, 1.82) is 5.26 Å². The summed E-state index contributed by atoms with van der Waals surface area (Å²) >= 11 is 0. The van der Waals surface area contributed by atoms with Gasteiger partial charge in [0.2, 0.25) is 0 Å². The second-order valence-electron chi connectivity index (χ2n) is 5.26. The van der Waals surface area contributed by atoms with Crippen LogP contribution in [0.3, 0.4) is 0 Å². The van der Waals surface area contributed by atoms with E-state index in [0.717, 1.165) is 11.1 Å². The molecule has 2 atom stereocenters. The van der Waals surface area contributed by atoms with Crippen molar-refractivity contribution in [3.63, 3.8) is 0 Å². The SMILES string of the molecule is COC(=O)[C@H]1C[C@@](C#N)(c2ccccc2C)CCC1=O. The number of aryl methyl sites for hydroxylation is 1. The molecule has 4 nitrogen and oxygen atoms in total. The number of esters is 1. The van der Waals surface area contributed by atoms with E-state index in [4.69, 9.17) is 4.74 Å². The predicted molar refractivity (Wildman–Crippen MR) is 72.8 cm³/mol. The van der Waals surface area contributed by atoms with Gasteiger partial charge < -0.3 is 4.74 Å². The number of nitriles is 1. The molecule has 0 heterocycles. The molecule has 2 rings (SSSR count). The average molecular weight is 271 g/mol. The van der Waals surface area contributed by atoms with Crippen molar-refractivity contribution in [2.45, 2.75) is 31.6 Å². The molecule has 0 unspecified atom stereocenters. The van der Waals surface area contributed by atoms with Crippen LogP contribution in [0, 0.1) is 24.2 Å². The minimum Gasteiger partial charge on any atom is -0.468 e. The molecule has 0 amide bonds. The molecule has 0 spiro atoms. The number of Topliss-reactive ketones (excluding diaryl/α,β-unsaturated/α-hetero) is 1. The monoisotopic (exact) mass is 271 g/mol. The fourth-order valence-electron chi connectivity index (χ4n) is 2.95. The molecule has 1 aliphatic rings. The lowest BCUT2D eigenvalue weighted by Crippen LogP contribution is -2.40. The fourth-order valence-corrected chi connectivity index (χ4v) is 2.95. The van der Waals surface area contributed by atoms with Crippen molar-refractivity contribution in [3.8, 4) is 6.07 Å². The zero-order valence-corrected chi connectivity index (χ0v) is 11.7. The smallest absolute Gasteiger partial charge is 0.316 e. The van der Waals surface area contributed by atoms with E-state index in [1.54, 1.807) is 0 Å².